The summed E-state index contributed by atoms with van der Waals surface area (Å²) in [6, 6.07) is 0. The standard InChI is InChI=1S/C10H17ClO2S/c11-14(12,13)7-8-2-1-3-9-6-10(9)5-4-8/h8-10H,1-7H2. The lowest BCUT2D eigenvalue weighted by atomic mass is 9.93. The fraction of sp³-hybridized carbons (Fsp3) is 1.00. The number of rotatable bonds is 2. The average molecular weight is 237 g/mol. The third-order valence-corrected chi connectivity index (χ3v) is 4.88. The zero-order valence-electron chi connectivity index (χ0n) is 8.28. The Hall–Kier alpha value is 0.240. The Kier molecular flexibility index (Phi) is 3.08. The van der Waals surface area contributed by atoms with E-state index in [2.05, 4.69) is 0 Å². The van der Waals surface area contributed by atoms with E-state index in [4.69, 9.17) is 10.7 Å². The van der Waals surface area contributed by atoms with Crippen LogP contribution in [-0.4, -0.2) is 14.2 Å². The highest BCUT2D eigenvalue weighted by Crippen LogP contribution is 2.48. The van der Waals surface area contributed by atoms with Gasteiger partial charge in [-0.25, -0.2) is 8.42 Å². The van der Waals surface area contributed by atoms with Crippen molar-refractivity contribution in [2.75, 3.05) is 5.75 Å². The molecule has 0 radical (unpaired) electrons. The van der Waals surface area contributed by atoms with Gasteiger partial charge in [0.15, 0.2) is 0 Å². The van der Waals surface area contributed by atoms with Crippen LogP contribution in [0.15, 0.2) is 0 Å². The van der Waals surface area contributed by atoms with Crippen LogP contribution in [0.3, 0.4) is 0 Å². The second-order valence-corrected chi connectivity index (χ2v) is 7.66. The summed E-state index contributed by atoms with van der Waals surface area (Å²) in [5.41, 5.74) is 0. The monoisotopic (exact) mass is 236 g/mol. The summed E-state index contributed by atoms with van der Waals surface area (Å²) in [6.45, 7) is 0. The minimum absolute atomic E-state index is 0.186. The first kappa shape index (κ1) is 10.7. The predicted octanol–water partition coefficient (Wildman–Crippen LogP) is 2.77. The highest BCUT2D eigenvalue weighted by atomic mass is 35.7. The molecule has 3 unspecified atom stereocenters. The summed E-state index contributed by atoms with van der Waals surface area (Å²) in [6.07, 6.45) is 7.23. The second kappa shape index (κ2) is 4.01. The molecule has 4 heteroatoms. The Morgan fingerprint density at radius 3 is 2.50 bits per heavy atom. The molecule has 0 N–H and O–H groups in total. The number of hydrogen-bond donors (Lipinski definition) is 0. The van der Waals surface area contributed by atoms with Gasteiger partial charge in [-0.1, -0.05) is 12.8 Å². The van der Waals surface area contributed by atoms with Crippen LogP contribution in [-0.2, 0) is 9.05 Å². The van der Waals surface area contributed by atoms with Gasteiger partial charge in [0.05, 0.1) is 5.75 Å². The summed E-state index contributed by atoms with van der Waals surface area (Å²) in [4.78, 5) is 0. The van der Waals surface area contributed by atoms with Crippen molar-refractivity contribution in [3.63, 3.8) is 0 Å². The minimum Gasteiger partial charge on any atom is -0.212 e. The van der Waals surface area contributed by atoms with Gasteiger partial charge in [-0.2, -0.15) is 0 Å². The average Bonchev–Trinajstić information content (AvgIpc) is 2.71. The first-order valence-corrected chi connectivity index (χ1v) is 7.95. The fourth-order valence-corrected chi connectivity index (χ4v) is 4.16. The van der Waals surface area contributed by atoms with E-state index in [0.29, 0.717) is 5.92 Å². The molecular weight excluding hydrogens is 220 g/mol. The van der Waals surface area contributed by atoms with Gasteiger partial charge in [0.25, 0.3) is 0 Å². The van der Waals surface area contributed by atoms with Gasteiger partial charge in [0, 0.05) is 10.7 Å². The number of halogens is 1. The van der Waals surface area contributed by atoms with Crippen molar-refractivity contribution in [1.29, 1.82) is 0 Å². The summed E-state index contributed by atoms with van der Waals surface area (Å²) in [7, 11) is 2.00. The van der Waals surface area contributed by atoms with Crippen molar-refractivity contribution in [3.05, 3.63) is 0 Å². The molecular formula is C10H17ClO2S. The van der Waals surface area contributed by atoms with Gasteiger partial charge in [-0.15, -0.1) is 0 Å². The molecule has 14 heavy (non-hydrogen) atoms. The van der Waals surface area contributed by atoms with Crippen LogP contribution in [0.4, 0.5) is 0 Å². The van der Waals surface area contributed by atoms with E-state index in [1.54, 1.807) is 0 Å². The molecule has 3 atom stereocenters. The van der Waals surface area contributed by atoms with Crippen LogP contribution in [0.25, 0.3) is 0 Å². The van der Waals surface area contributed by atoms with Gasteiger partial charge < -0.3 is 0 Å². The van der Waals surface area contributed by atoms with Crippen molar-refractivity contribution in [2.24, 2.45) is 17.8 Å². The van der Waals surface area contributed by atoms with Crippen LogP contribution < -0.4 is 0 Å². The topological polar surface area (TPSA) is 34.1 Å². The number of fused-ring (bicyclic) bond motifs is 1. The van der Waals surface area contributed by atoms with Crippen molar-refractivity contribution in [2.45, 2.75) is 38.5 Å². The van der Waals surface area contributed by atoms with E-state index in [-0.39, 0.29) is 5.75 Å². The molecule has 2 aliphatic carbocycles. The van der Waals surface area contributed by atoms with E-state index in [9.17, 15) is 8.42 Å². The highest BCUT2D eigenvalue weighted by Gasteiger charge is 2.37. The van der Waals surface area contributed by atoms with Crippen molar-refractivity contribution < 1.29 is 8.42 Å². The van der Waals surface area contributed by atoms with Crippen LogP contribution in [0.2, 0.25) is 0 Å². The maximum Gasteiger partial charge on any atom is 0.232 e. The van der Waals surface area contributed by atoms with Gasteiger partial charge in [-0.3, -0.25) is 0 Å². The van der Waals surface area contributed by atoms with E-state index >= 15 is 0 Å². The zero-order valence-corrected chi connectivity index (χ0v) is 9.86. The molecule has 0 spiro atoms. The molecule has 2 saturated carbocycles. The maximum absolute atomic E-state index is 11.0. The molecule has 0 saturated heterocycles. The lowest BCUT2D eigenvalue weighted by Gasteiger charge is -2.17. The molecule has 0 aromatic rings. The van der Waals surface area contributed by atoms with Crippen LogP contribution >= 0.6 is 10.7 Å². The van der Waals surface area contributed by atoms with Gasteiger partial charge >= 0.3 is 0 Å². The molecule has 2 fully saturated rings. The van der Waals surface area contributed by atoms with Crippen LogP contribution in [0.1, 0.15) is 38.5 Å². The molecule has 0 aromatic heterocycles. The predicted molar refractivity (Wildman–Crippen MR) is 57.8 cm³/mol. The highest BCUT2D eigenvalue weighted by molar-refractivity contribution is 8.13. The summed E-state index contributed by atoms with van der Waals surface area (Å²) < 4.78 is 21.9. The largest absolute Gasteiger partial charge is 0.232 e. The molecule has 82 valence electrons. The van der Waals surface area contributed by atoms with Crippen molar-refractivity contribution >= 4 is 19.7 Å². The molecule has 0 heterocycles. The normalized spacial score (nSPS) is 38.2. The van der Waals surface area contributed by atoms with Crippen molar-refractivity contribution in [1.82, 2.24) is 0 Å². The number of hydrogen-bond acceptors (Lipinski definition) is 2. The van der Waals surface area contributed by atoms with E-state index in [1.165, 1.54) is 25.7 Å². The first-order chi connectivity index (χ1) is 6.54. The Bertz CT molecular complexity index is 299. The zero-order chi connectivity index (χ0) is 10.2. The quantitative estimate of drug-likeness (QED) is 0.691. The second-order valence-electron chi connectivity index (χ2n) is 4.84. The maximum atomic E-state index is 11.0. The molecule has 2 rings (SSSR count). The Balaban J connectivity index is 1.86. The lowest BCUT2D eigenvalue weighted by Crippen LogP contribution is -2.14. The molecule has 0 amide bonds. The van der Waals surface area contributed by atoms with Gasteiger partial charge in [-0.05, 0) is 43.4 Å². The van der Waals surface area contributed by atoms with Gasteiger partial charge in [0.1, 0.15) is 0 Å². The van der Waals surface area contributed by atoms with Crippen LogP contribution in [0, 0.1) is 17.8 Å². The Morgan fingerprint density at radius 1 is 1.07 bits per heavy atom. The third kappa shape index (κ3) is 3.13. The summed E-state index contributed by atoms with van der Waals surface area (Å²) in [5, 5.41) is 0. The smallest absolute Gasteiger partial charge is 0.212 e. The summed E-state index contributed by atoms with van der Waals surface area (Å²) >= 11 is 0. The molecule has 0 aromatic carbocycles. The first-order valence-electron chi connectivity index (χ1n) is 5.47. The van der Waals surface area contributed by atoms with Gasteiger partial charge in [0.2, 0.25) is 9.05 Å². The molecule has 2 nitrogen and oxygen atoms in total. The lowest BCUT2D eigenvalue weighted by molar-refractivity contribution is 0.394. The Labute approximate surface area is 90.4 Å². The molecule has 2 aliphatic rings. The van der Waals surface area contributed by atoms with Crippen molar-refractivity contribution in [3.8, 4) is 0 Å². The minimum atomic E-state index is -3.28. The molecule has 0 aliphatic heterocycles. The Morgan fingerprint density at radius 2 is 1.79 bits per heavy atom. The van der Waals surface area contributed by atoms with Crippen LogP contribution in [0.5, 0.6) is 0 Å². The summed E-state index contributed by atoms with van der Waals surface area (Å²) in [5.74, 6) is 2.39. The third-order valence-electron chi connectivity index (χ3n) is 3.64. The molecule has 0 bridgehead atoms. The fourth-order valence-electron chi connectivity index (χ4n) is 2.73. The SMILES string of the molecule is O=S(=O)(Cl)CC1CCCC2CC2CC1. The van der Waals surface area contributed by atoms with E-state index in [1.807, 2.05) is 0 Å². The van der Waals surface area contributed by atoms with E-state index in [0.717, 1.165) is 24.7 Å². The van der Waals surface area contributed by atoms with E-state index < -0.39 is 9.05 Å².